The zero-order chi connectivity index (χ0) is 85.9. The molecule has 0 N–H and O–H groups in total. The van der Waals surface area contributed by atoms with Crippen LogP contribution in [0.25, 0.3) is 44.5 Å². The molecule has 0 saturated carbocycles. The van der Waals surface area contributed by atoms with Crippen LogP contribution in [0.5, 0.6) is 23.0 Å². The Morgan fingerprint density at radius 3 is 0.667 bits per heavy atom. The number of hydrogen-bond donors (Lipinski definition) is 0. The van der Waals surface area contributed by atoms with Crippen LogP contribution in [0.2, 0.25) is 36.3 Å². The van der Waals surface area contributed by atoms with E-state index in [0.29, 0.717) is 96.7 Å². The normalized spacial score (nSPS) is 13.4. The Hall–Kier alpha value is -6.55. The Morgan fingerprint density at radius 2 is 0.491 bits per heavy atom. The highest BCUT2D eigenvalue weighted by Gasteiger charge is 2.40. The lowest BCUT2D eigenvalue weighted by Crippen LogP contribution is -2.40. The highest BCUT2D eigenvalue weighted by atomic mass is 35.5. The fraction of sp³-hybridized carbons (Fsp3) is 0.500. The molecule has 628 valence electrons. The second-order valence-corrected chi connectivity index (χ2v) is 46.4. The molecule has 0 heterocycles. The van der Waals surface area contributed by atoms with E-state index in [1.165, 1.54) is 24.3 Å². The zero-order valence-electron chi connectivity index (χ0n) is 74.2. The molecule has 0 unspecified atom stereocenters. The summed E-state index contributed by atoms with van der Waals surface area (Å²) in [5.41, 5.74) is 12.6. The predicted molar refractivity (Wildman–Crippen MR) is 472 cm³/mol. The van der Waals surface area contributed by atoms with Gasteiger partial charge in [-0.1, -0.05) is 197 Å². The Morgan fingerprint density at radius 1 is 0.289 bits per heavy atom. The Balaban J connectivity index is 0.000000273. The van der Waals surface area contributed by atoms with Gasteiger partial charge < -0.3 is 46.7 Å². The number of hydrogen-bond acceptors (Lipinski definition) is 10. The van der Waals surface area contributed by atoms with Crippen molar-refractivity contribution >= 4 is 39.8 Å². The van der Waals surface area contributed by atoms with Crippen molar-refractivity contribution < 1.29 is 64.3 Å². The molecular formula is C96H134Cl2F4O10Si2. The van der Waals surface area contributed by atoms with Crippen LogP contribution in [0.1, 0.15) is 221 Å². The highest BCUT2D eigenvalue weighted by molar-refractivity contribution is 6.74. The SMILES string of the molecule is CCO[C@@H](c1cc(CCl)ccc1-c1cc(OC)ccc1F)C(C)(C)C.CCO[C@@H](c1cc(CO[Si](C)(C)C(C)(C)C)ccc1-c1cc(OC)ccc1F)C(C)(C)C.CCO[C@H](c1cc(CCl)ccc1-c1cc(OC)ccc1F)C(C)(C)C.CCO[C@H](c1cc(CO[Si](C)(C)C(C)(C)C)ccc1-c1cc(OC)ccc1F)C(C)(C)C. The first kappa shape index (κ1) is 98.0. The van der Waals surface area contributed by atoms with Crippen molar-refractivity contribution in [1.29, 1.82) is 0 Å². The lowest BCUT2D eigenvalue weighted by molar-refractivity contribution is -0.0129. The Bertz CT molecular complexity index is 4090. The van der Waals surface area contributed by atoms with Gasteiger partial charge in [0.1, 0.15) is 46.3 Å². The van der Waals surface area contributed by atoms with Crippen LogP contribution in [-0.4, -0.2) is 71.5 Å². The standard InChI is InChI=1S/2C27H41FO3Si.2C21H26ClFO2/c2*1-11-30-25(26(2,3)4)23-16-19(18-31-32(9,10)27(5,6)7)12-14-21(23)22-17-20(29-8)13-15-24(22)28;2*1-6-25-20(21(2,3)4)18-11-14(13-22)7-9-16(18)17-12-15(24-5)8-10-19(17)23/h2*12-17,25H,11,18H2,1-10H3;2*7-12,20H,6,13H2,1-5H3/t2*25-;2*20-/m1010/s1. The quantitative estimate of drug-likeness (QED) is 0.0268. The molecule has 0 radical (unpaired) electrons. The fourth-order valence-electron chi connectivity index (χ4n) is 12.8. The average molecular weight is 1650 g/mol. The first-order chi connectivity index (χ1) is 53.0. The number of ether oxygens (including phenoxy) is 8. The van der Waals surface area contributed by atoms with Crippen molar-refractivity contribution in [1.82, 2.24) is 0 Å². The van der Waals surface area contributed by atoms with Gasteiger partial charge in [-0.2, -0.15) is 0 Å². The molecule has 10 nitrogen and oxygen atoms in total. The summed E-state index contributed by atoms with van der Waals surface area (Å²) in [6.07, 6.45) is -0.746. The van der Waals surface area contributed by atoms with E-state index in [1.54, 1.807) is 77.0 Å². The van der Waals surface area contributed by atoms with Gasteiger partial charge in [-0.15, -0.1) is 23.2 Å². The molecule has 18 heteroatoms. The number of halogens is 6. The van der Waals surface area contributed by atoms with Crippen molar-refractivity contribution in [2.24, 2.45) is 21.7 Å². The summed E-state index contributed by atoms with van der Waals surface area (Å²) in [7, 11) is 2.56. The molecule has 0 fully saturated rings. The van der Waals surface area contributed by atoms with Crippen molar-refractivity contribution in [2.75, 3.05) is 54.9 Å². The van der Waals surface area contributed by atoms with Gasteiger partial charge in [-0.25, -0.2) is 17.6 Å². The van der Waals surface area contributed by atoms with E-state index in [9.17, 15) is 17.6 Å². The molecule has 0 aromatic heterocycles. The molecule has 0 bridgehead atoms. The lowest BCUT2D eigenvalue weighted by Gasteiger charge is -2.36. The summed E-state index contributed by atoms with van der Waals surface area (Å²) in [5, 5.41) is 0.275. The smallest absolute Gasteiger partial charge is 0.192 e. The van der Waals surface area contributed by atoms with Gasteiger partial charge in [0.15, 0.2) is 16.6 Å². The number of benzene rings is 8. The lowest BCUT2D eigenvalue weighted by atomic mass is 9.81. The summed E-state index contributed by atoms with van der Waals surface area (Å²) >= 11 is 12.1. The molecule has 0 aliphatic heterocycles. The van der Waals surface area contributed by atoms with E-state index >= 15 is 0 Å². The van der Waals surface area contributed by atoms with Crippen LogP contribution in [0.15, 0.2) is 146 Å². The van der Waals surface area contributed by atoms with Gasteiger partial charge >= 0.3 is 0 Å². The van der Waals surface area contributed by atoms with Crippen LogP contribution in [0.3, 0.4) is 0 Å². The van der Waals surface area contributed by atoms with Crippen LogP contribution in [0.4, 0.5) is 17.6 Å². The minimum Gasteiger partial charge on any atom is -0.497 e. The number of alkyl halides is 2. The molecule has 0 amide bonds. The van der Waals surface area contributed by atoms with E-state index in [0.717, 1.165) is 66.8 Å². The van der Waals surface area contributed by atoms with Gasteiger partial charge in [0.25, 0.3) is 0 Å². The van der Waals surface area contributed by atoms with Crippen molar-refractivity contribution in [3.05, 3.63) is 213 Å². The Kier molecular flexibility index (Phi) is 36.3. The summed E-state index contributed by atoms with van der Waals surface area (Å²) in [5.74, 6) is 2.16. The summed E-state index contributed by atoms with van der Waals surface area (Å²) in [6.45, 7) is 59.4. The maximum Gasteiger partial charge on any atom is 0.192 e. The molecular weight excluding hydrogens is 1520 g/mol. The molecule has 8 rings (SSSR count). The van der Waals surface area contributed by atoms with E-state index in [2.05, 4.69) is 163 Å². The number of methoxy groups -OCH3 is 4. The number of rotatable bonds is 28. The van der Waals surface area contributed by atoms with E-state index in [1.807, 2.05) is 88.4 Å². The second-order valence-electron chi connectivity index (χ2n) is 36.2. The van der Waals surface area contributed by atoms with E-state index in [-0.39, 0.29) is 79.4 Å². The van der Waals surface area contributed by atoms with Gasteiger partial charge in [0.2, 0.25) is 0 Å². The largest absolute Gasteiger partial charge is 0.497 e. The van der Waals surface area contributed by atoms with E-state index in [4.69, 9.17) is 69.9 Å². The zero-order valence-corrected chi connectivity index (χ0v) is 77.7. The molecule has 4 atom stereocenters. The molecule has 8 aromatic rings. The predicted octanol–water partition coefficient (Wildman–Crippen LogP) is 29.0. The van der Waals surface area contributed by atoms with E-state index < -0.39 is 16.6 Å². The fourth-order valence-corrected chi connectivity index (χ4v) is 15.1. The third-order valence-electron chi connectivity index (χ3n) is 21.0. The summed E-state index contributed by atoms with van der Waals surface area (Å²) in [6, 6.07) is 43.3. The molecule has 0 saturated heterocycles. The maximum absolute atomic E-state index is 14.9. The van der Waals surface area contributed by atoms with Crippen molar-refractivity contribution in [2.45, 2.75) is 238 Å². The van der Waals surface area contributed by atoms with Gasteiger partial charge in [0, 0.05) is 60.4 Å². The Labute approximate surface area is 695 Å². The first-order valence-electron chi connectivity index (χ1n) is 39.8. The third-order valence-corrected chi connectivity index (χ3v) is 30.6. The van der Waals surface area contributed by atoms with Crippen LogP contribution in [0, 0.1) is 44.9 Å². The van der Waals surface area contributed by atoms with Crippen molar-refractivity contribution in [3.63, 3.8) is 0 Å². The first-order valence-corrected chi connectivity index (χ1v) is 46.7. The van der Waals surface area contributed by atoms with Crippen LogP contribution < -0.4 is 18.9 Å². The van der Waals surface area contributed by atoms with Gasteiger partial charge in [0.05, 0.1) is 66.1 Å². The minimum atomic E-state index is -1.89. The van der Waals surface area contributed by atoms with Crippen LogP contribution >= 0.6 is 23.2 Å². The van der Waals surface area contributed by atoms with Gasteiger partial charge in [-0.3, -0.25) is 0 Å². The van der Waals surface area contributed by atoms with Gasteiger partial charge in [-0.05, 0) is 225 Å². The molecule has 8 aromatic carbocycles. The summed E-state index contributed by atoms with van der Waals surface area (Å²) < 4.78 is 118. The monoisotopic (exact) mass is 1650 g/mol. The molecule has 0 aliphatic rings. The average Bonchev–Trinajstić information content (AvgIpc) is 0.792. The highest BCUT2D eigenvalue weighted by Crippen LogP contribution is 2.49. The summed E-state index contributed by atoms with van der Waals surface area (Å²) in [4.78, 5) is 0. The van der Waals surface area contributed by atoms with Crippen molar-refractivity contribution in [3.8, 4) is 67.5 Å². The van der Waals surface area contributed by atoms with Crippen LogP contribution in [-0.2, 0) is 52.8 Å². The minimum absolute atomic E-state index is 0.138. The topological polar surface area (TPSA) is 92.3 Å². The molecule has 0 spiro atoms. The third kappa shape index (κ3) is 26.7. The molecule has 0 aliphatic carbocycles. The second kappa shape index (κ2) is 42.2. The molecule has 114 heavy (non-hydrogen) atoms. The maximum atomic E-state index is 14.9.